The van der Waals surface area contributed by atoms with Gasteiger partial charge < -0.3 is 4.42 Å². The predicted octanol–water partition coefficient (Wildman–Crippen LogP) is 4.58. The van der Waals surface area contributed by atoms with Crippen molar-refractivity contribution in [3.63, 3.8) is 0 Å². The van der Waals surface area contributed by atoms with Gasteiger partial charge in [-0.1, -0.05) is 41.4 Å². The molecule has 122 valence electrons. The lowest BCUT2D eigenvalue weighted by molar-refractivity contribution is 0.388. The summed E-state index contributed by atoms with van der Waals surface area (Å²) in [6.45, 7) is 6.47. The number of sulfonamides is 1. The van der Waals surface area contributed by atoms with Crippen LogP contribution in [0.25, 0.3) is 11.0 Å². The number of rotatable bonds is 6. The highest BCUT2D eigenvalue weighted by atomic mass is 79.9. The normalized spacial score (nSPS) is 13.9. The zero-order valence-corrected chi connectivity index (χ0v) is 15.9. The van der Waals surface area contributed by atoms with Gasteiger partial charge in [0.2, 0.25) is 5.09 Å². The predicted molar refractivity (Wildman–Crippen MR) is 93.4 cm³/mol. The molecule has 0 saturated heterocycles. The van der Waals surface area contributed by atoms with E-state index in [9.17, 15) is 8.42 Å². The molecule has 0 aliphatic carbocycles. The van der Waals surface area contributed by atoms with Gasteiger partial charge in [-0.05, 0) is 31.5 Å². The zero-order chi connectivity index (χ0) is 16.5. The lowest BCUT2D eigenvalue weighted by Gasteiger charge is -2.21. The van der Waals surface area contributed by atoms with Crippen LogP contribution in [0.3, 0.4) is 0 Å². The third-order valence-electron chi connectivity index (χ3n) is 3.36. The standard InChI is InChI=1S/C15H19BrClNO3S/c1-4-7-18(9-10(2)16)22(19,20)15-11(3)13-8-12(17)5-6-14(13)21-15/h5-6,8,10H,4,7,9H2,1-3H3. The van der Waals surface area contributed by atoms with E-state index in [1.807, 2.05) is 13.8 Å². The van der Waals surface area contributed by atoms with Crippen LogP contribution in [-0.4, -0.2) is 30.6 Å². The van der Waals surface area contributed by atoms with Gasteiger partial charge in [0.15, 0.2) is 0 Å². The lowest BCUT2D eigenvalue weighted by atomic mass is 10.2. The Bertz CT molecular complexity index is 770. The number of alkyl halides is 1. The number of hydrogen-bond donors (Lipinski definition) is 0. The minimum Gasteiger partial charge on any atom is -0.443 e. The van der Waals surface area contributed by atoms with Crippen molar-refractivity contribution >= 4 is 48.5 Å². The van der Waals surface area contributed by atoms with Crippen molar-refractivity contribution in [3.8, 4) is 0 Å². The maximum Gasteiger partial charge on any atom is 0.276 e. The fourth-order valence-corrected chi connectivity index (χ4v) is 4.86. The van der Waals surface area contributed by atoms with Crippen LogP contribution < -0.4 is 0 Å². The molecule has 0 aliphatic rings. The fourth-order valence-electron chi connectivity index (χ4n) is 2.37. The van der Waals surface area contributed by atoms with Gasteiger partial charge in [-0.15, -0.1) is 0 Å². The molecule has 0 saturated carbocycles. The number of benzene rings is 1. The first-order valence-corrected chi connectivity index (χ1v) is 9.83. The highest BCUT2D eigenvalue weighted by molar-refractivity contribution is 9.09. The molecule has 1 unspecified atom stereocenters. The highest BCUT2D eigenvalue weighted by Crippen LogP contribution is 2.32. The number of fused-ring (bicyclic) bond motifs is 1. The molecule has 7 heteroatoms. The SMILES string of the molecule is CCCN(CC(C)Br)S(=O)(=O)c1oc2ccc(Cl)cc2c1C. The van der Waals surface area contributed by atoms with Crippen LogP contribution in [0.1, 0.15) is 25.8 Å². The van der Waals surface area contributed by atoms with Gasteiger partial charge in [-0.2, -0.15) is 4.31 Å². The molecule has 0 spiro atoms. The van der Waals surface area contributed by atoms with Crippen LogP contribution in [-0.2, 0) is 10.0 Å². The average Bonchev–Trinajstić information content (AvgIpc) is 2.76. The molecule has 1 aromatic heterocycles. The molecule has 2 rings (SSSR count). The van der Waals surface area contributed by atoms with Gasteiger partial charge in [-0.25, -0.2) is 8.42 Å². The molecule has 0 fully saturated rings. The van der Waals surface area contributed by atoms with Crippen LogP contribution in [0.5, 0.6) is 0 Å². The van der Waals surface area contributed by atoms with Crippen molar-refractivity contribution in [2.45, 2.75) is 37.1 Å². The van der Waals surface area contributed by atoms with Crippen LogP contribution in [0.15, 0.2) is 27.7 Å². The van der Waals surface area contributed by atoms with Crippen molar-refractivity contribution in [1.82, 2.24) is 4.31 Å². The van der Waals surface area contributed by atoms with E-state index in [2.05, 4.69) is 15.9 Å². The number of nitrogens with zero attached hydrogens (tertiary/aromatic N) is 1. The molecule has 0 amide bonds. The van der Waals surface area contributed by atoms with E-state index in [0.717, 1.165) is 11.8 Å². The van der Waals surface area contributed by atoms with Gasteiger partial charge in [0.1, 0.15) is 5.58 Å². The highest BCUT2D eigenvalue weighted by Gasteiger charge is 2.31. The fraction of sp³-hybridized carbons (Fsp3) is 0.467. The maximum absolute atomic E-state index is 12.9. The van der Waals surface area contributed by atoms with E-state index in [4.69, 9.17) is 16.0 Å². The molecule has 0 N–H and O–H groups in total. The van der Waals surface area contributed by atoms with E-state index in [1.54, 1.807) is 25.1 Å². The minimum absolute atomic E-state index is 0.00590. The molecule has 2 aromatic rings. The average molecular weight is 409 g/mol. The summed E-state index contributed by atoms with van der Waals surface area (Å²) in [5.74, 6) is 0. The van der Waals surface area contributed by atoms with Crippen molar-refractivity contribution in [2.24, 2.45) is 0 Å². The van der Waals surface area contributed by atoms with E-state index in [0.29, 0.717) is 29.3 Å². The molecule has 0 aliphatic heterocycles. The van der Waals surface area contributed by atoms with Crippen LogP contribution in [0, 0.1) is 6.92 Å². The summed E-state index contributed by atoms with van der Waals surface area (Å²) in [6.07, 6.45) is 0.740. The molecule has 1 atom stereocenters. The van der Waals surface area contributed by atoms with E-state index in [1.165, 1.54) is 4.31 Å². The van der Waals surface area contributed by atoms with Gasteiger partial charge in [0, 0.05) is 33.9 Å². The Morgan fingerprint density at radius 2 is 2.09 bits per heavy atom. The first kappa shape index (κ1) is 17.8. The zero-order valence-electron chi connectivity index (χ0n) is 12.8. The second-order valence-electron chi connectivity index (χ2n) is 5.30. The van der Waals surface area contributed by atoms with Crippen molar-refractivity contribution in [3.05, 3.63) is 28.8 Å². The van der Waals surface area contributed by atoms with Gasteiger partial charge in [-0.3, -0.25) is 0 Å². The summed E-state index contributed by atoms with van der Waals surface area (Å²) >= 11 is 9.41. The second-order valence-corrected chi connectivity index (χ2v) is 9.14. The smallest absolute Gasteiger partial charge is 0.276 e. The molecule has 1 heterocycles. The van der Waals surface area contributed by atoms with Crippen LogP contribution in [0.4, 0.5) is 0 Å². The first-order valence-electron chi connectivity index (χ1n) is 7.10. The van der Waals surface area contributed by atoms with E-state index >= 15 is 0 Å². The molecular formula is C15H19BrClNO3S. The van der Waals surface area contributed by atoms with Crippen molar-refractivity contribution in [1.29, 1.82) is 0 Å². The van der Waals surface area contributed by atoms with Crippen molar-refractivity contribution < 1.29 is 12.8 Å². The second kappa shape index (κ2) is 6.91. The largest absolute Gasteiger partial charge is 0.443 e. The molecular weight excluding hydrogens is 390 g/mol. The van der Waals surface area contributed by atoms with Crippen LogP contribution in [0.2, 0.25) is 5.02 Å². The van der Waals surface area contributed by atoms with Crippen LogP contribution >= 0.6 is 27.5 Å². The molecule has 4 nitrogen and oxygen atoms in total. The third-order valence-corrected chi connectivity index (χ3v) is 5.75. The summed E-state index contributed by atoms with van der Waals surface area (Å²) in [5.41, 5.74) is 1.13. The molecule has 1 aromatic carbocycles. The third kappa shape index (κ3) is 3.50. The van der Waals surface area contributed by atoms with E-state index in [-0.39, 0.29) is 9.92 Å². The molecule has 22 heavy (non-hydrogen) atoms. The van der Waals surface area contributed by atoms with Gasteiger partial charge in [0.25, 0.3) is 10.0 Å². The van der Waals surface area contributed by atoms with Gasteiger partial charge >= 0.3 is 0 Å². The first-order chi connectivity index (χ1) is 10.3. The topological polar surface area (TPSA) is 50.5 Å². The monoisotopic (exact) mass is 407 g/mol. The number of halogens is 2. The Labute approximate surface area is 144 Å². The Balaban J connectivity index is 2.54. The summed E-state index contributed by atoms with van der Waals surface area (Å²) in [7, 11) is -3.67. The quantitative estimate of drug-likeness (QED) is 0.657. The molecule has 0 radical (unpaired) electrons. The summed E-state index contributed by atoms with van der Waals surface area (Å²) in [6, 6.07) is 5.11. The van der Waals surface area contributed by atoms with Crippen molar-refractivity contribution in [2.75, 3.05) is 13.1 Å². The Hall–Kier alpha value is -0.560. The molecule has 0 bridgehead atoms. The summed E-state index contributed by atoms with van der Waals surface area (Å²) < 4.78 is 32.9. The Morgan fingerprint density at radius 3 is 2.68 bits per heavy atom. The Kier molecular flexibility index (Phi) is 5.59. The summed E-state index contributed by atoms with van der Waals surface area (Å²) in [5, 5.41) is 1.29. The number of furan rings is 1. The van der Waals surface area contributed by atoms with Gasteiger partial charge in [0.05, 0.1) is 0 Å². The van der Waals surface area contributed by atoms with E-state index < -0.39 is 10.0 Å². The minimum atomic E-state index is -3.67. The lowest BCUT2D eigenvalue weighted by Crippen LogP contribution is -2.35. The number of aryl methyl sites for hydroxylation is 1. The maximum atomic E-state index is 12.9. The number of hydrogen-bond acceptors (Lipinski definition) is 3. The Morgan fingerprint density at radius 1 is 1.41 bits per heavy atom. The summed E-state index contributed by atoms with van der Waals surface area (Å²) in [4.78, 5) is 0.0629.